The molecule has 1 atom stereocenters. The highest BCUT2D eigenvalue weighted by atomic mass is 16.2. The van der Waals surface area contributed by atoms with Crippen LogP contribution in [0, 0.1) is 11.3 Å². The van der Waals surface area contributed by atoms with E-state index >= 15 is 0 Å². The molecule has 0 radical (unpaired) electrons. The normalized spacial score (nSPS) is 25.0. The van der Waals surface area contributed by atoms with Gasteiger partial charge >= 0.3 is 0 Å². The predicted molar refractivity (Wildman–Crippen MR) is 81.9 cm³/mol. The summed E-state index contributed by atoms with van der Waals surface area (Å²) in [7, 11) is 0. The summed E-state index contributed by atoms with van der Waals surface area (Å²) in [6.45, 7) is 3.88. The highest BCUT2D eigenvalue weighted by Gasteiger charge is 2.48. The van der Waals surface area contributed by atoms with Crippen LogP contribution in [0.3, 0.4) is 0 Å². The Morgan fingerprint density at radius 1 is 1.19 bits per heavy atom. The number of para-hydroxylation sites is 1. The highest BCUT2D eigenvalue weighted by molar-refractivity contribution is 5.99. The van der Waals surface area contributed by atoms with Crippen LogP contribution in [0.4, 0.5) is 5.69 Å². The maximum atomic E-state index is 12.1. The first-order chi connectivity index (χ1) is 10.1. The van der Waals surface area contributed by atoms with Crippen LogP contribution in [0.25, 0.3) is 0 Å². The topological polar surface area (TPSA) is 49.4 Å². The lowest BCUT2D eigenvalue weighted by molar-refractivity contribution is -0.145. The van der Waals surface area contributed by atoms with E-state index in [-0.39, 0.29) is 23.1 Å². The number of carbonyl (C=O) groups excluding carboxylic acids is 2. The number of nitrogens with zero attached hydrogens (tertiary/aromatic N) is 1. The fourth-order valence-electron chi connectivity index (χ4n) is 3.98. The molecule has 2 saturated heterocycles. The molecule has 0 aromatic heterocycles. The van der Waals surface area contributed by atoms with Gasteiger partial charge in [0, 0.05) is 31.1 Å². The van der Waals surface area contributed by atoms with Crippen molar-refractivity contribution in [3.63, 3.8) is 0 Å². The van der Waals surface area contributed by atoms with Crippen molar-refractivity contribution in [1.29, 1.82) is 0 Å². The van der Waals surface area contributed by atoms with E-state index in [0.29, 0.717) is 6.42 Å². The minimum absolute atomic E-state index is 0.0203. The van der Waals surface area contributed by atoms with Crippen LogP contribution in [0.15, 0.2) is 30.3 Å². The Hall–Kier alpha value is -1.84. The standard InChI is InChI=1S/C17H22N2O2/c1-2-14-16(21)18-15(20)12-17(14)8-10-19(11-9-17)13-6-4-3-5-7-13/h3-7,14H,2,8-12H2,1H3,(H,18,20,21). The van der Waals surface area contributed by atoms with Crippen molar-refractivity contribution >= 4 is 17.5 Å². The maximum absolute atomic E-state index is 12.1. The summed E-state index contributed by atoms with van der Waals surface area (Å²) in [5.41, 5.74) is 1.10. The van der Waals surface area contributed by atoms with Crippen LogP contribution >= 0.6 is 0 Å². The molecule has 1 spiro atoms. The zero-order chi connectivity index (χ0) is 14.9. The Kier molecular flexibility index (Phi) is 3.70. The number of carbonyl (C=O) groups is 2. The molecule has 2 fully saturated rings. The summed E-state index contributed by atoms with van der Waals surface area (Å²) in [6.07, 6.45) is 3.14. The molecule has 2 heterocycles. The molecule has 2 amide bonds. The molecule has 1 aromatic rings. The number of hydrogen-bond donors (Lipinski definition) is 1. The second kappa shape index (κ2) is 5.51. The lowest BCUT2D eigenvalue weighted by Crippen LogP contribution is -2.55. The number of piperidine rings is 2. The van der Waals surface area contributed by atoms with Crippen molar-refractivity contribution in [2.45, 2.75) is 32.6 Å². The molecule has 1 aromatic carbocycles. The summed E-state index contributed by atoms with van der Waals surface area (Å²) >= 11 is 0. The molecule has 1 unspecified atom stereocenters. The van der Waals surface area contributed by atoms with E-state index in [4.69, 9.17) is 0 Å². The number of anilines is 1. The lowest BCUT2D eigenvalue weighted by Gasteiger charge is -2.48. The summed E-state index contributed by atoms with van der Waals surface area (Å²) in [6, 6.07) is 10.4. The van der Waals surface area contributed by atoms with E-state index in [1.165, 1.54) is 5.69 Å². The van der Waals surface area contributed by atoms with Crippen molar-refractivity contribution < 1.29 is 9.59 Å². The first-order valence-corrected chi connectivity index (χ1v) is 7.78. The van der Waals surface area contributed by atoms with Crippen molar-refractivity contribution in [2.24, 2.45) is 11.3 Å². The van der Waals surface area contributed by atoms with Crippen LogP contribution in [0.5, 0.6) is 0 Å². The quantitative estimate of drug-likeness (QED) is 0.849. The SMILES string of the molecule is CCC1C(=O)NC(=O)CC12CCN(c1ccccc1)CC2. The summed E-state index contributed by atoms with van der Waals surface area (Å²) in [4.78, 5) is 26.3. The average Bonchev–Trinajstić information content (AvgIpc) is 2.48. The van der Waals surface area contributed by atoms with Gasteiger partial charge in [-0.15, -0.1) is 0 Å². The highest BCUT2D eigenvalue weighted by Crippen LogP contribution is 2.46. The molecule has 21 heavy (non-hydrogen) atoms. The number of hydrogen-bond acceptors (Lipinski definition) is 3. The van der Waals surface area contributed by atoms with Crippen LogP contribution in [-0.2, 0) is 9.59 Å². The third-order valence-corrected chi connectivity index (χ3v) is 5.12. The van der Waals surface area contributed by atoms with Crippen molar-refractivity contribution in [3.05, 3.63) is 30.3 Å². The van der Waals surface area contributed by atoms with Crippen LogP contribution in [0.2, 0.25) is 0 Å². The first kappa shape index (κ1) is 14.1. The predicted octanol–water partition coefficient (Wildman–Crippen LogP) is 2.35. The third-order valence-electron chi connectivity index (χ3n) is 5.12. The number of amides is 2. The summed E-state index contributed by atoms with van der Waals surface area (Å²) < 4.78 is 0. The molecule has 4 nitrogen and oxygen atoms in total. The van der Waals surface area contributed by atoms with Gasteiger partial charge in [-0.2, -0.15) is 0 Å². The van der Waals surface area contributed by atoms with E-state index in [0.717, 1.165) is 32.4 Å². The fourth-order valence-corrected chi connectivity index (χ4v) is 3.98. The zero-order valence-corrected chi connectivity index (χ0v) is 12.5. The van der Waals surface area contributed by atoms with E-state index in [1.54, 1.807) is 0 Å². The lowest BCUT2D eigenvalue weighted by atomic mass is 9.63. The van der Waals surface area contributed by atoms with Gasteiger partial charge in [0.15, 0.2) is 0 Å². The number of rotatable bonds is 2. The van der Waals surface area contributed by atoms with Gasteiger partial charge in [-0.1, -0.05) is 25.1 Å². The molecular formula is C17H22N2O2. The van der Waals surface area contributed by atoms with E-state index < -0.39 is 0 Å². The molecular weight excluding hydrogens is 264 g/mol. The van der Waals surface area contributed by atoms with E-state index in [2.05, 4.69) is 22.3 Å². The molecule has 2 aliphatic heterocycles. The second-order valence-electron chi connectivity index (χ2n) is 6.24. The Balaban J connectivity index is 1.76. The molecule has 0 bridgehead atoms. The minimum atomic E-state index is -0.126. The second-order valence-corrected chi connectivity index (χ2v) is 6.24. The minimum Gasteiger partial charge on any atom is -0.371 e. The Morgan fingerprint density at radius 2 is 1.86 bits per heavy atom. The monoisotopic (exact) mass is 286 g/mol. The van der Waals surface area contributed by atoms with Gasteiger partial charge < -0.3 is 4.90 Å². The van der Waals surface area contributed by atoms with Crippen molar-refractivity contribution in [3.8, 4) is 0 Å². The molecule has 4 heteroatoms. The van der Waals surface area contributed by atoms with Gasteiger partial charge in [-0.25, -0.2) is 0 Å². The third kappa shape index (κ3) is 2.55. The van der Waals surface area contributed by atoms with Gasteiger partial charge in [0.25, 0.3) is 0 Å². The van der Waals surface area contributed by atoms with Crippen LogP contribution in [0.1, 0.15) is 32.6 Å². The molecule has 1 N–H and O–H groups in total. The Morgan fingerprint density at radius 3 is 2.48 bits per heavy atom. The zero-order valence-electron chi connectivity index (χ0n) is 12.5. The molecule has 0 saturated carbocycles. The van der Waals surface area contributed by atoms with E-state index in [1.807, 2.05) is 25.1 Å². The average molecular weight is 286 g/mol. The Bertz CT molecular complexity index is 533. The molecule has 0 aliphatic carbocycles. The number of imide groups is 1. The fraction of sp³-hybridized carbons (Fsp3) is 0.529. The van der Waals surface area contributed by atoms with E-state index in [9.17, 15) is 9.59 Å². The van der Waals surface area contributed by atoms with Gasteiger partial charge in [0.05, 0.1) is 0 Å². The molecule has 3 rings (SSSR count). The smallest absolute Gasteiger partial charge is 0.230 e. The summed E-state index contributed by atoms with van der Waals surface area (Å²) in [5.74, 6) is -0.187. The van der Waals surface area contributed by atoms with Crippen molar-refractivity contribution in [1.82, 2.24) is 5.32 Å². The molecule has 112 valence electrons. The first-order valence-electron chi connectivity index (χ1n) is 7.78. The number of benzene rings is 1. The van der Waals surface area contributed by atoms with Gasteiger partial charge in [-0.3, -0.25) is 14.9 Å². The van der Waals surface area contributed by atoms with Crippen molar-refractivity contribution in [2.75, 3.05) is 18.0 Å². The molecule has 2 aliphatic rings. The number of nitrogens with one attached hydrogen (secondary N) is 1. The van der Waals surface area contributed by atoms with Crippen LogP contribution < -0.4 is 10.2 Å². The van der Waals surface area contributed by atoms with Gasteiger partial charge in [-0.05, 0) is 36.8 Å². The largest absolute Gasteiger partial charge is 0.371 e. The maximum Gasteiger partial charge on any atom is 0.230 e. The van der Waals surface area contributed by atoms with Crippen LogP contribution in [-0.4, -0.2) is 24.9 Å². The van der Waals surface area contributed by atoms with Gasteiger partial charge in [0.2, 0.25) is 11.8 Å². The summed E-state index contributed by atoms with van der Waals surface area (Å²) in [5, 5.41) is 2.50. The van der Waals surface area contributed by atoms with Gasteiger partial charge in [0.1, 0.15) is 0 Å². The Labute approximate surface area is 125 Å².